The van der Waals surface area contributed by atoms with E-state index in [4.69, 9.17) is 9.47 Å². The van der Waals surface area contributed by atoms with E-state index in [1.54, 1.807) is 13.8 Å². The van der Waals surface area contributed by atoms with Crippen LogP contribution in [0.2, 0.25) is 0 Å². The van der Waals surface area contributed by atoms with Gasteiger partial charge in [0, 0.05) is 13.0 Å². The zero-order valence-corrected chi connectivity index (χ0v) is 17.2. The molecule has 29 heavy (non-hydrogen) atoms. The van der Waals surface area contributed by atoms with Crippen molar-refractivity contribution in [1.29, 1.82) is 0 Å². The van der Waals surface area contributed by atoms with Crippen LogP contribution in [0.4, 0.5) is 4.79 Å². The second kappa shape index (κ2) is 11.2. The molecule has 2 aromatic carbocycles. The van der Waals surface area contributed by atoms with Gasteiger partial charge in [-0.25, -0.2) is 9.59 Å². The Bertz CT molecular complexity index is 801. The summed E-state index contributed by atoms with van der Waals surface area (Å²) in [6.45, 7) is 6.21. The van der Waals surface area contributed by atoms with Crippen LogP contribution in [-0.4, -0.2) is 29.4 Å². The molecule has 1 atom stereocenters. The lowest BCUT2D eigenvalue weighted by atomic mass is 10.0. The number of rotatable bonds is 10. The summed E-state index contributed by atoms with van der Waals surface area (Å²) >= 11 is 0. The Morgan fingerprint density at radius 3 is 2.28 bits per heavy atom. The lowest BCUT2D eigenvalue weighted by Gasteiger charge is -2.17. The summed E-state index contributed by atoms with van der Waals surface area (Å²) in [6, 6.07) is 15.4. The average molecular weight is 399 g/mol. The number of amides is 1. The number of carboxylic acid groups (broad SMARTS) is 1. The topological polar surface area (TPSA) is 84.9 Å². The highest BCUT2D eigenvalue weighted by Gasteiger charge is 2.20. The van der Waals surface area contributed by atoms with Gasteiger partial charge in [0.1, 0.15) is 6.61 Å². The highest BCUT2D eigenvalue weighted by Crippen LogP contribution is 2.12. The van der Waals surface area contributed by atoms with Gasteiger partial charge in [-0.05, 0) is 42.5 Å². The van der Waals surface area contributed by atoms with Gasteiger partial charge in [-0.15, -0.1) is 0 Å². The first-order valence-electron chi connectivity index (χ1n) is 9.82. The van der Waals surface area contributed by atoms with Crippen molar-refractivity contribution in [3.63, 3.8) is 0 Å². The van der Waals surface area contributed by atoms with Gasteiger partial charge in [-0.2, -0.15) is 0 Å². The fourth-order valence-electron chi connectivity index (χ4n) is 2.85. The molecule has 6 heteroatoms. The Labute approximate surface area is 171 Å². The number of aryl methyl sites for hydroxylation is 1. The van der Waals surface area contributed by atoms with Crippen LogP contribution in [-0.2, 0) is 40.3 Å². The first kappa shape index (κ1) is 22.4. The van der Waals surface area contributed by atoms with Crippen LogP contribution in [0.15, 0.2) is 48.5 Å². The normalized spacial score (nSPS) is 11.9. The maximum atomic E-state index is 12.0. The van der Waals surface area contributed by atoms with Gasteiger partial charge in [-0.3, -0.25) is 0 Å². The summed E-state index contributed by atoms with van der Waals surface area (Å²) in [5, 5.41) is 12.0. The number of hydrogen-bond donors (Lipinski definition) is 2. The lowest BCUT2D eigenvalue weighted by Crippen LogP contribution is -2.29. The summed E-state index contributed by atoms with van der Waals surface area (Å²) < 4.78 is 10.7. The molecule has 0 spiro atoms. The first-order valence-corrected chi connectivity index (χ1v) is 9.82. The molecule has 0 bridgehead atoms. The SMILES string of the molecule is CCc1ccc(COC(=O)NCc2cccc(CC(OC(C)C)C(=O)O)c2)cc1. The van der Waals surface area contributed by atoms with E-state index in [1.165, 1.54) is 5.56 Å². The molecular formula is C23H29NO5. The quantitative estimate of drug-likeness (QED) is 0.628. The third-order valence-corrected chi connectivity index (χ3v) is 4.36. The molecule has 6 nitrogen and oxygen atoms in total. The second-order valence-corrected chi connectivity index (χ2v) is 7.14. The van der Waals surface area contributed by atoms with Gasteiger partial charge in [-0.1, -0.05) is 55.5 Å². The fourth-order valence-corrected chi connectivity index (χ4v) is 2.85. The number of nitrogens with one attached hydrogen (secondary N) is 1. The van der Waals surface area contributed by atoms with E-state index >= 15 is 0 Å². The third-order valence-electron chi connectivity index (χ3n) is 4.36. The van der Waals surface area contributed by atoms with Crippen LogP contribution >= 0.6 is 0 Å². The van der Waals surface area contributed by atoms with Crippen molar-refractivity contribution in [3.8, 4) is 0 Å². The number of carbonyl (C=O) groups excluding carboxylic acids is 1. The molecule has 0 fully saturated rings. The summed E-state index contributed by atoms with van der Waals surface area (Å²) in [4.78, 5) is 23.3. The molecular weight excluding hydrogens is 370 g/mol. The predicted molar refractivity (Wildman–Crippen MR) is 111 cm³/mol. The first-order chi connectivity index (χ1) is 13.9. The minimum atomic E-state index is -0.988. The van der Waals surface area contributed by atoms with Crippen molar-refractivity contribution in [1.82, 2.24) is 5.32 Å². The molecule has 0 aliphatic heterocycles. The third kappa shape index (κ3) is 7.95. The predicted octanol–water partition coefficient (Wildman–Crippen LogP) is 4.10. The summed E-state index contributed by atoms with van der Waals surface area (Å²) in [6.07, 6.45) is -0.338. The summed E-state index contributed by atoms with van der Waals surface area (Å²) in [5.74, 6) is -0.988. The Morgan fingerprint density at radius 1 is 1.00 bits per heavy atom. The molecule has 156 valence electrons. The number of carboxylic acids is 1. The average Bonchev–Trinajstić information content (AvgIpc) is 2.70. The summed E-state index contributed by atoms with van der Waals surface area (Å²) in [7, 11) is 0. The molecule has 0 saturated heterocycles. The zero-order valence-electron chi connectivity index (χ0n) is 17.2. The van der Waals surface area contributed by atoms with Crippen LogP contribution in [0.5, 0.6) is 0 Å². The van der Waals surface area contributed by atoms with E-state index in [0.29, 0.717) is 6.54 Å². The van der Waals surface area contributed by atoms with Crippen LogP contribution in [0.1, 0.15) is 43.0 Å². The standard InChI is InChI=1S/C23H29NO5/c1-4-17-8-10-18(11-9-17)15-28-23(27)24-14-20-7-5-6-19(12-20)13-21(22(25)26)29-16(2)3/h5-12,16,21H,4,13-15H2,1-3H3,(H,24,27)(H,25,26). The monoisotopic (exact) mass is 399 g/mol. The van der Waals surface area contributed by atoms with E-state index in [2.05, 4.69) is 12.2 Å². The Hall–Kier alpha value is -2.86. The smallest absolute Gasteiger partial charge is 0.407 e. The number of ether oxygens (including phenoxy) is 2. The van der Waals surface area contributed by atoms with Crippen LogP contribution in [0.3, 0.4) is 0 Å². The van der Waals surface area contributed by atoms with Gasteiger partial charge in [0.25, 0.3) is 0 Å². The van der Waals surface area contributed by atoms with Gasteiger partial charge in [0.05, 0.1) is 6.10 Å². The number of aliphatic carboxylic acids is 1. The molecule has 0 aliphatic carbocycles. The zero-order chi connectivity index (χ0) is 21.2. The number of hydrogen-bond acceptors (Lipinski definition) is 4. The van der Waals surface area contributed by atoms with Crippen molar-refractivity contribution in [2.24, 2.45) is 0 Å². The summed E-state index contributed by atoms with van der Waals surface area (Å²) in [5.41, 5.74) is 3.87. The van der Waals surface area contributed by atoms with E-state index in [-0.39, 0.29) is 19.1 Å². The Morgan fingerprint density at radius 2 is 1.66 bits per heavy atom. The molecule has 1 unspecified atom stereocenters. The molecule has 2 N–H and O–H groups in total. The van der Waals surface area contributed by atoms with Gasteiger partial charge < -0.3 is 19.9 Å². The molecule has 0 aliphatic rings. The van der Waals surface area contributed by atoms with Crippen molar-refractivity contribution < 1.29 is 24.2 Å². The van der Waals surface area contributed by atoms with Crippen LogP contribution < -0.4 is 5.32 Å². The largest absolute Gasteiger partial charge is 0.479 e. The molecule has 0 radical (unpaired) electrons. The highest BCUT2D eigenvalue weighted by atomic mass is 16.5. The van der Waals surface area contributed by atoms with Crippen LogP contribution in [0, 0.1) is 0 Å². The molecule has 0 aromatic heterocycles. The maximum absolute atomic E-state index is 12.0. The van der Waals surface area contributed by atoms with Crippen molar-refractivity contribution in [3.05, 3.63) is 70.8 Å². The van der Waals surface area contributed by atoms with Crippen molar-refractivity contribution in [2.45, 2.75) is 59.0 Å². The molecule has 2 rings (SSSR count). The minimum Gasteiger partial charge on any atom is -0.479 e. The number of carbonyl (C=O) groups is 2. The van der Waals surface area contributed by atoms with Gasteiger partial charge in [0.15, 0.2) is 6.10 Å². The number of alkyl carbamates (subject to hydrolysis) is 1. The van der Waals surface area contributed by atoms with Crippen LogP contribution in [0.25, 0.3) is 0 Å². The van der Waals surface area contributed by atoms with Crippen molar-refractivity contribution >= 4 is 12.1 Å². The van der Waals surface area contributed by atoms with E-state index in [0.717, 1.165) is 23.1 Å². The lowest BCUT2D eigenvalue weighted by molar-refractivity contribution is -0.153. The van der Waals surface area contributed by atoms with Crippen molar-refractivity contribution in [2.75, 3.05) is 0 Å². The number of benzene rings is 2. The Kier molecular flexibility index (Phi) is 8.68. The van der Waals surface area contributed by atoms with Gasteiger partial charge >= 0.3 is 12.1 Å². The van der Waals surface area contributed by atoms with Gasteiger partial charge in [0.2, 0.25) is 0 Å². The molecule has 0 saturated carbocycles. The molecule has 2 aromatic rings. The minimum absolute atomic E-state index is 0.172. The van der Waals surface area contributed by atoms with E-state index in [1.807, 2.05) is 48.5 Å². The maximum Gasteiger partial charge on any atom is 0.407 e. The highest BCUT2D eigenvalue weighted by molar-refractivity contribution is 5.72. The fraction of sp³-hybridized carbons (Fsp3) is 0.391. The Balaban J connectivity index is 1.84. The molecule has 1 amide bonds. The van der Waals surface area contributed by atoms with E-state index in [9.17, 15) is 14.7 Å². The second-order valence-electron chi connectivity index (χ2n) is 7.14. The molecule has 0 heterocycles. The van der Waals surface area contributed by atoms with E-state index < -0.39 is 18.2 Å².